The lowest BCUT2D eigenvalue weighted by molar-refractivity contribution is -0.111. The fraction of sp³-hybridized carbons (Fsp3) is 0.238. The van der Waals surface area contributed by atoms with Crippen LogP contribution in [0, 0.1) is 6.92 Å². The van der Waals surface area contributed by atoms with Gasteiger partial charge in [-0.15, -0.1) is 0 Å². The summed E-state index contributed by atoms with van der Waals surface area (Å²) < 4.78 is 0. The number of hydrogen-bond acceptors (Lipinski definition) is 2. The van der Waals surface area contributed by atoms with Crippen molar-refractivity contribution in [3.8, 4) is 0 Å². The van der Waals surface area contributed by atoms with Crippen molar-refractivity contribution in [1.82, 2.24) is 5.32 Å². The van der Waals surface area contributed by atoms with Crippen molar-refractivity contribution in [3.05, 3.63) is 71.3 Å². The lowest BCUT2D eigenvalue weighted by atomic mass is 10.1. The van der Waals surface area contributed by atoms with Gasteiger partial charge in [0.15, 0.2) is 0 Å². The second-order valence-electron chi connectivity index (χ2n) is 6.06. The quantitative estimate of drug-likeness (QED) is 0.778. The van der Waals surface area contributed by atoms with E-state index in [1.54, 1.807) is 30.3 Å². The maximum absolute atomic E-state index is 12.3. The van der Waals surface area contributed by atoms with Crippen LogP contribution >= 0.6 is 0 Å². The van der Waals surface area contributed by atoms with E-state index in [9.17, 15) is 9.59 Å². The molecule has 0 aliphatic carbocycles. The van der Waals surface area contributed by atoms with Gasteiger partial charge >= 0.3 is 0 Å². The molecule has 0 spiro atoms. The molecule has 4 heteroatoms. The highest BCUT2D eigenvalue weighted by Gasteiger charge is 2.13. The fourth-order valence-electron chi connectivity index (χ4n) is 2.22. The van der Waals surface area contributed by atoms with Crippen LogP contribution in [-0.4, -0.2) is 17.9 Å². The average molecular weight is 336 g/mol. The predicted molar refractivity (Wildman–Crippen MR) is 103 cm³/mol. The Bertz CT molecular complexity index is 764. The van der Waals surface area contributed by atoms with Crippen molar-refractivity contribution in [2.24, 2.45) is 0 Å². The van der Waals surface area contributed by atoms with E-state index in [-0.39, 0.29) is 17.9 Å². The molecule has 1 atom stereocenters. The Hall–Kier alpha value is -2.88. The highest BCUT2D eigenvalue weighted by Crippen LogP contribution is 2.15. The van der Waals surface area contributed by atoms with Gasteiger partial charge in [-0.1, -0.05) is 48.9 Å². The molecule has 0 aliphatic rings. The normalized spacial score (nSPS) is 12.0. The first kappa shape index (κ1) is 18.5. The lowest BCUT2D eigenvalue weighted by Gasteiger charge is -2.14. The first-order valence-corrected chi connectivity index (χ1v) is 8.45. The van der Waals surface area contributed by atoms with Crippen molar-refractivity contribution < 1.29 is 9.59 Å². The van der Waals surface area contributed by atoms with Crippen LogP contribution in [-0.2, 0) is 4.79 Å². The van der Waals surface area contributed by atoms with Gasteiger partial charge in [0, 0.05) is 12.1 Å². The Morgan fingerprint density at radius 3 is 2.44 bits per heavy atom. The van der Waals surface area contributed by atoms with Gasteiger partial charge in [-0.2, -0.15) is 0 Å². The maximum atomic E-state index is 12.3. The molecule has 2 aromatic rings. The van der Waals surface area contributed by atoms with Gasteiger partial charge in [-0.25, -0.2) is 0 Å². The summed E-state index contributed by atoms with van der Waals surface area (Å²) in [5.41, 5.74) is 3.08. The van der Waals surface area contributed by atoms with Crippen LogP contribution in [0.4, 0.5) is 5.69 Å². The molecule has 0 saturated heterocycles. The second kappa shape index (κ2) is 8.83. The first-order chi connectivity index (χ1) is 12.0. The van der Waals surface area contributed by atoms with E-state index in [1.807, 2.05) is 45.0 Å². The molecule has 2 rings (SSSR count). The summed E-state index contributed by atoms with van der Waals surface area (Å²) in [5, 5.41) is 5.69. The highest BCUT2D eigenvalue weighted by molar-refractivity contribution is 6.07. The summed E-state index contributed by atoms with van der Waals surface area (Å²) in [6.45, 7) is 5.97. The molecule has 2 aromatic carbocycles. The number of benzene rings is 2. The van der Waals surface area contributed by atoms with Gasteiger partial charge in [-0.05, 0) is 44.0 Å². The largest absolute Gasteiger partial charge is 0.350 e. The molecule has 130 valence electrons. The van der Waals surface area contributed by atoms with Gasteiger partial charge in [0.05, 0.1) is 11.3 Å². The number of nitrogens with one attached hydrogen (secondary N) is 2. The zero-order chi connectivity index (χ0) is 18.2. The molecule has 2 amide bonds. The molecule has 0 unspecified atom stereocenters. The minimum Gasteiger partial charge on any atom is -0.350 e. The van der Waals surface area contributed by atoms with Crippen LogP contribution in [0.2, 0.25) is 0 Å². The Kier molecular flexibility index (Phi) is 6.52. The van der Waals surface area contributed by atoms with E-state index in [1.165, 1.54) is 11.6 Å². The fourth-order valence-corrected chi connectivity index (χ4v) is 2.22. The second-order valence-corrected chi connectivity index (χ2v) is 6.06. The van der Waals surface area contributed by atoms with Crippen LogP contribution < -0.4 is 10.6 Å². The van der Waals surface area contributed by atoms with E-state index in [0.29, 0.717) is 11.3 Å². The number of rotatable bonds is 6. The van der Waals surface area contributed by atoms with E-state index >= 15 is 0 Å². The monoisotopic (exact) mass is 336 g/mol. The van der Waals surface area contributed by atoms with Crippen LogP contribution in [0.5, 0.6) is 0 Å². The van der Waals surface area contributed by atoms with Crippen molar-refractivity contribution >= 4 is 23.6 Å². The Morgan fingerprint density at radius 2 is 1.76 bits per heavy atom. The van der Waals surface area contributed by atoms with Gasteiger partial charge in [0.2, 0.25) is 5.91 Å². The third-order valence-electron chi connectivity index (χ3n) is 3.92. The zero-order valence-electron chi connectivity index (χ0n) is 14.9. The number of carbonyl (C=O) groups excluding carboxylic acids is 2. The summed E-state index contributed by atoms with van der Waals surface area (Å²) in [4.78, 5) is 24.5. The van der Waals surface area contributed by atoms with E-state index < -0.39 is 0 Å². The highest BCUT2D eigenvalue weighted by atomic mass is 16.2. The molecule has 0 radical (unpaired) electrons. The number of amides is 2. The van der Waals surface area contributed by atoms with E-state index in [0.717, 1.165) is 12.0 Å². The summed E-state index contributed by atoms with van der Waals surface area (Å²) in [6, 6.07) is 15.0. The smallest absolute Gasteiger partial charge is 0.253 e. The van der Waals surface area contributed by atoms with Crippen molar-refractivity contribution in [2.45, 2.75) is 33.2 Å². The molecule has 4 nitrogen and oxygen atoms in total. The van der Waals surface area contributed by atoms with Crippen LogP contribution in [0.3, 0.4) is 0 Å². The summed E-state index contributed by atoms with van der Waals surface area (Å²) >= 11 is 0. The van der Waals surface area contributed by atoms with Crippen LogP contribution in [0.15, 0.2) is 54.6 Å². The number of aryl methyl sites for hydroxylation is 1. The Balaban J connectivity index is 2.08. The zero-order valence-corrected chi connectivity index (χ0v) is 14.9. The molecular weight excluding hydrogens is 312 g/mol. The van der Waals surface area contributed by atoms with Gasteiger partial charge in [0.25, 0.3) is 5.91 Å². The van der Waals surface area contributed by atoms with Gasteiger partial charge in [0.1, 0.15) is 0 Å². The summed E-state index contributed by atoms with van der Waals surface area (Å²) in [5.74, 6) is -0.461. The minimum absolute atomic E-state index is 0.0812. The van der Waals surface area contributed by atoms with E-state index in [4.69, 9.17) is 0 Å². The number of carbonyl (C=O) groups is 2. The van der Waals surface area contributed by atoms with Gasteiger partial charge < -0.3 is 10.6 Å². The summed E-state index contributed by atoms with van der Waals surface area (Å²) in [6.07, 6.45) is 4.06. The predicted octanol–water partition coefficient (Wildman–Crippen LogP) is 4.18. The number of hydrogen-bond donors (Lipinski definition) is 2. The molecule has 2 N–H and O–H groups in total. The molecule has 0 fully saturated rings. The molecule has 0 saturated carbocycles. The minimum atomic E-state index is -0.274. The number of anilines is 1. The number of para-hydroxylation sites is 1. The first-order valence-electron chi connectivity index (χ1n) is 8.45. The molecule has 0 aliphatic heterocycles. The SMILES string of the molecule is CC[C@@H](C)NC(=O)c1ccccc1NC(=O)/C=C/c1ccc(C)cc1. The molecule has 0 aromatic heterocycles. The Morgan fingerprint density at radius 1 is 1.08 bits per heavy atom. The molecule has 25 heavy (non-hydrogen) atoms. The third-order valence-corrected chi connectivity index (χ3v) is 3.92. The lowest BCUT2D eigenvalue weighted by Crippen LogP contribution is -2.32. The molecule has 0 heterocycles. The van der Waals surface area contributed by atoms with Crippen molar-refractivity contribution in [3.63, 3.8) is 0 Å². The topological polar surface area (TPSA) is 58.2 Å². The average Bonchev–Trinajstić information content (AvgIpc) is 2.61. The van der Waals surface area contributed by atoms with E-state index in [2.05, 4.69) is 10.6 Å². The van der Waals surface area contributed by atoms with Crippen molar-refractivity contribution in [1.29, 1.82) is 0 Å². The summed E-state index contributed by atoms with van der Waals surface area (Å²) in [7, 11) is 0. The van der Waals surface area contributed by atoms with Crippen LogP contribution in [0.25, 0.3) is 6.08 Å². The molecule has 0 bridgehead atoms. The van der Waals surface area contributed by atoms with Crippen molar-refractivity contribution in [2.75, 3.05) is 5.32 Å². The molecular formula is C21H24N2O2. The van der Waals surface area contributed by atoms with Gasteiger partial charge in [-0.3, -0.25) is 9.59 Å². The third kappa shape index (κ3) is 5.60. The maximum Gasteiger partial charge on any atom is 0.253 e. The van der Waals surface area contributed by atoms with Crippen LogP contribution in [0.1, 0.15) is 41.8 Å². The standard InChI is InChI=1S/C21H24N2O2/c1-4-16(3)22-21(25)18-7-5-6-8-19(18)23-20(24)14-13-17-11-9-15(2)10-12-17/h5-14,16H,4H2,1-3H3,(H,22,25)(H,23,24)/b14-13+/t16-/m1/s1. The Labute approximate surface area is 149 Å².